The molecule has 0 bridgehead atoms. The maximum atomic E-state index is 2.45. The molecular weight excluding hydrogens is 903 g/mol. The Morgan fingerprint density at radius 2 is 0.453 bits per heavy atom. The summed E-state index contributed by atoms with van der Waals surface area (Å²) < 4.78 is 0. The number of benzene rings is 13. The molecule has 1 heteroatoms. The summed E-state index contributed by atoms with van der Waals surface area (Å²) in [6, 6.07) is 105. The SMILES string of the molecule is c1ccc(-c2cc(-c3ccc(N(c4ccccc4)c4ccc(-c5cc(-c6ccccc6)c6c(c5-c5ccccc5)-c5cccc7cccc-6c57)cc4)cc3)c(-c3ccccc3)c3c2-c2cccc4cccc-3c24)cc1. The summed E-state index contributed by atoms with van der Waals surface area (Å²) in [5.74, 6) is 0. The minimum absolute atomic E-state index is 1.08. The van der Waals surface area contributed by atoms with Crippen molar-refractivity contribution in [2.45, 2.75) is 0 Å². The van der Waals surface area contributed by atoms with E-state index in [4.69, 9.17) is 0 Å². The maximum Gasteiger partial charge on any atom is 0.0462 e. The van der Waals surface area contributed by atoms with Crippen molar-refractivity contribution in [2.24, 2.45) is 0 Å². The van der Waals surface area contributed by atoms with Gasteiger partial charge in [-0.25, -0.2) is 0 Å². The smallest absolute Gasteiger partial charge is 0.0462 e. The Labute approximate surface area is 437 Å². The molecule has 15 rings (SSSR count). The van der Waals surface area contributed by atoms with Crippen LogP contribution in [0.3, 0.4) is 0 Å². The standard InChI is InChI=1S/C74H47N/c1-6-20-48(21-7-1)65-46-63(69(54-24-10-3-11-25-54)73-61-36-18-30-52-28-16-34-59(67(52)61)71(65)73)50-38-42-57(43-39-50)75(56-32-14-5-15-33-56)58-44-40-51(41-45-58)64-47-66(49-22-8-2-9-23-49)72-60-35-17-29-53-31-19-37-62(68(53)60)74(72)70(64)55-26-12-4-13-27-55/h1-47H. The number of fused-ring (bicyclic) bond motifs is 6. The first kappa shape index (κ1) is 42.8. The predicted octanol–water partition coefficient (Wildman–Crippen LogP) is 20.8. The Kier molecular flexibility index (Phi) is 9.96. The van der Waals surface area contributed by atoms with Gasteiger partial charge in [0.2, 0.25) is 0 Å². The molecule has 0 radical (unpaired) electrons. The van der Waals surface area contributed by atoms with Gasteiger partial charge in [-0.15, -0.1) is 0 Å². The highest BCUT2D eigenvalue weighted by molar-refractivity contribution is 6.24. The Morgan fingerprint density at radius 1 is 0.173 bits per heavy atom. The summed E-state index contributed by atoms with van der Waals surface area (Å²) in [7, 11) is 0. The van der Waals surface area contributed by atoms with Crippen LogP contribution in [0.25, 0.3) is 133 Å². The number of rotatable bonds is 9. The third-order valence-corrected chi connectivity index (χ3v) is 15.7. The van der Waals surface area contributed by atoms with Crippen molar-refractivity contribution in [3.8, 4) is 111 Å². The van der Waals surface area contributed by atoms with Crippen molar-refractivity contribution in [2.75, 3.05) is 4.90 Å². The van der Waals surface area contributed by atoms with Crippen LogP contribution in [0.1, 0.15) is 0 Å². The lowest BCUT2D eigenvalue weighted by atomic mass is 9.82. The lowest BCUT2D eigenvalue weighted by Crippen LogP contribution is -2.09. The maximum absolute atomic E-state index is 2.45. The first-order chi connectivity index (χ1) is 37.2. The lowest BCUT2D eigenvalue weighted by molar-refractivity contribution is 1.28. The fourth-order valence-corrected chi connectivity index (χ4v) is 12.5. The van der Waals surface area contributed by atoms with Gasteiger partial charge < -0.3 is 4.90 Å². The molecule has 0 heterocycles. The molecule has 0 saturated carbocycles. The molecule has 0 N–H and O–H groups in total. The van der Waals surface area contributed by atoms with Gasteiger partial charge in [-0.3, -0.25) is 0 Å². The van der Waals surface area contributed by atoms with Crippen LogP contribution >= 0.6 is 0 Å². The number of para-hydroxylation sites is 1. The monoisotopic (exact) mass is 949 g/mol. The number of hydrogen-bond donors (Lipinski definition) is 0. The quantitative estimate of drug-likeness (QED) is 0.139. The second kappa shape index (κ2) is 17.4. The molecule has 2 aliphatic rings. The van der Waals surface area contributed by atoms with Gasteiger partial charge in [-0.1, -0.05) is 237 Å². The molecule has 13 aromatic carbocycles. The van der Waals surface area contributed by atoms with E-state index in [9.17, 15) is 0 Å². The van der Waals surface area contributed by atoms with Crippen molar-refractivity contribution in [1.82, 2.24) is 0 Å². The average Bonchev–Trinajstić information content (AvgIpc) is 4.11. The van der Waals surface area contributed by atoms with Gasteiger partial charge in [-0.05, 0) is 181 Å². The number of nitrogens with zero attached hydrogens (tertiary/aromatic N) is 1. The van der Waals surface area contributed by atoms with Gasteiger partial charge in [0.05, 0.1) is 0 Å². The topological polar surface area (TPSA) is 3.24 Å². The molecule has 1 nitrogen and oxygen atoms in total. The van der Waals surface area contributed by atoms with Crippen molar-refractivity contribution >= 4 is 38.6 Å². The summed E-state index contributed by atoms with van der Waals surface area (Å²) in [6.45, 7) is 0. The van der Waals surface area contributed by atoms with Crippen LogP contribution < -0.4 is 4.90 Å². The van der Waals surface area contributed by atoms with Crippen LogP contribution in [0.5, 0.6) is 0 Å². The van der Waals surface area contributed by atoms with Crippen molar-refractivity contribution in [1.29, 1.82) is 0 Å². The van der Waals surface area contributed by atoms with Crippen molar-refractivity contribution in [3.63, 3.8) is 0 Å². The van der Waals surface area contributed by atoms with Crippen molar-refractivity contribution in [3.05, 3.63) is 285 Å². The molecule has 2 aliphatic carbocycles. The lowest BCUT2D eigenvalue weighted by Gasteiger charge is -2.26. The van der Waals surface area contributed by atoms with Gasteiger partial charge in [0.25, 0.3) is 0 Å². The minimum Gasteiger partial charge on any atom is -0.311 e. The zero-order valence-corrected chi connectivity index (χ0v) is 41.1. The fraction of sp³-hybridized carbons (Fsp3) is 0. The molecule has 13 aromatic rings. The Bertz CT molecular complexity index is 4060. The zero-order valence-electron chi connectivity index (χ0n) is 41.1. The molecule has 348 valence electrons. The summed E-state index contributed by atoms with van der Waals surface area (Å²) >= 11 is 0. The zero-order chi connectivity index (χ0) is 49.4. The second-order valence-electron chi connectivity index (χ2n) is 19.8. The molecule has 0 aromatic heterocycles. The van der Waals surface area contributed by atoms with Gasteiger partial charge in [-0.2, -0.15) is 0 Å². The van der Waals surface area contributed by atoms with Crippen molar-refractivity contribution < 1.29 is 0 Å². The largest absolute Gasteiger partial charge is 0.311 e. The van der Waals surface area contributed by atoms with E-state index in [1.54, 1.807) is 0 Å². The van der Waals surface area contributed by atoms with Gasteiger partial charge in [0, 0.05) is 17.1 Å². The molecule has 75 heavy (non-hydrogen) atoms. The van der Waals surface area contributed by atoms with Crippen LogP contribution in [0.15, 0.2) is 285 Å². The van der Waals surface area contributed by atoms with Crippen LogP contribution in [-0.4, -0.2) is 0 Å². The van der Waals surface area contributed by atoms with Crippen LogP contribution in [0.4, 0.5) is 17.1 Å². The van der Waals surface area contributed by atoms with Gasteiger partial charge in [0.1, 0.15) is 0 Å². The predicted molar refractivity (Wildman–Crippen MR) is 318 cm³/mol. The minimum atomic E-state index is 1.08. The molecule has 0 fully saturated rings. The third-order valence-electron chi connectivity index (χ3n) is 15.7. The third kappa shape index (κ3) is 6.86. The second-order valence-corrected chi connectivity index (χ2v) is 19.8. The van der Waals surface area contributed by atoms with E-state index in [0.29, 0.717) is 0 Å². The van der Waals surface area contributed by atoms with Crippen LogP contribution in [0, 0.1) is 0 Å². The molecule has 0 amide bonds. The highest BCUT2D eigenvalue weighted by atomic mass is 15.1. The van der Waals surface area contributed by atoms with Crippen LogP contribution in [0.2, 0.25) is 0 Å². The normalized spacial score (nSPS) is 11.7. The summed E-state index contributed by atoms with van der Waals surface area (Å²) in [4.78, 5) is 2.38. The first-order valence-corrected chi connectivity index (χ1v) is 26.0. The Hall–Kier alpha value is -9.82. The molecule has 0 saturated heterocycles. The molecule has 0 spiro atoms. The number of hydrogen-bond acceptors (Lipinski definition) is 1. The van der Waals surface area contributed by atoms with E-state index < -0.39 is 0 Å². The highest BCUT2D eigenvalue weighted by Crippen LogP contribution is 2.59. The number of anilines is 3. The van der Waals surface area contributed by atoms with E-state index in [2.05, 4.69) is 290 Å². The van der Waals surface area contributed by atoms with Gasteiger partial charge >= 0.3 is 0 Å². The van der Waals surface area contributed by atoms with E-state index >= 15 is 0 Å². The highest BCUT2D eigenvalue weighted by Gasteiger charge is 2.32. The summed E-state index contributed by atoms with van der Waals surface area (Å²) in [5, 5.41) is 5.19. The van der Waals surface area contributed by atoms with E-state index in [0.717, 1.165) is 17.1 Å². The summed E-state index contributed by atoms with van der Waals surface area (Å²) in [5.41, 5.74) is 28.3. The van der Waals surface area contributed by atoms with Crippen LogP contribution in [-0.2, 0) is 0 Å². The Morgan fingerprint density at radius 3 is 0.813 bits per heavy atom. The van der Waals surface area contributed by atoms with Gasteiger partial charge in [0.15, 0.2) is 0 Å². The average molecular weight is 950 g/mol. The molecule has 0 aliphatic heterocycles. The van der Waals surface area contributed by atoms with E-state index in [1.807, 2.05) is 0 Å². The Balaban J connectivity index is 0.892. The molecule has 0 unspecified atom stereocenters. The van der Waals surface area contributed by atoms with E-state index in [1.165, 1.54) is 133 Å². The van der Waals surface area contributed by atoms with E-state index in [-0.39, 0.29) is 0 Å². The molecular formula is C74H47N. The summed E-state index contributed by atoms with van der Waals surface area (Å²) in [6.07, 6.45) is 0. The first-order valence-electron chi connectivity index (χ1n) is 26.0. The molecule has 0 atom stereocenters. The fourth-order valence-electron chi connectivity index (χ4n) is 12.5.